The van der Waals surface area contributed by atoms with Crippen LogP contribution in [0.15, 0.2) is 48.5 Å². The number of benzene rings is 2. The Balaban J connectivity index is 1.91. The summed E-state index contributed by atoms with van der Waals surface area (Å²) in [5, 5.41) is 3.90. The van der Waals surface area contributed by atoms with Crippen LogP contribution in [0.5, 0.6) is 11.5 Å². The third-order valence-corrected chi connectivity index (χ3v) is 4.19. The van der Waals surface area contributed by atoms with E-state index in [-0.39, 0.29) is 12.2 Å². The van der Waals surface area contributed by atoms with Crippen LogP contribution >= 0.6 is 11.6 Å². The number of morpholine rings is 1. The molecule has 0 radical (unpaired) electrons. The molecule has 1 saturated heterocycles. The Kier molecular flexibility index (Phi) is 5.96. The second-order valence-corrected chi connectivity index (χ2v) is 5.97. The van der Waals surface area contributed by atoms with Crippen LogP contribution < -0.4 is 14.8 Å². The largest absolute Gasteiger partial charge is 0.488 e. The molecule has 2 aromatic rings. The first-order valence-electron chi connectivity index (χ1n) is 8.25. The first-order valence-corrected chi connectivity index (χ1v) is 8.62. The van der Waals surface area contributed by atoms with Gasteiger partial charge < -0.3 is 19.5 Å². The van der Waals surface area contributed by atoms with Crippen molar-refractivity contribution in [1.29, 1.82) is 0 Å². The summed E-state index contributed by atoms with van der Waals surface area (Å²) in [7, 11) is 0. The van der Waals surface area contributed by atoms with Gasteiger partial charge in [-0.15, -0.1) is 0 Å². The molecule has 5 heteroatoms. The molecule has 1 heterocycles. The Morgan fingerprint density at radius 3 is 2.75 bits per heavy atom. The highest BCUT2D eigenvalue weighted by atomic mass is 35.5. The fourth-order valence-electron chi connectivity index (χ4n) is 2.78. The van der Waals surface area contributed by atoms with Crippen LogP contribution in [0.4, 0.5) is 0 Å². The standard InChI is InChI=1S/C19H22ClNO3/c1-2-22-19-15(20)9-6-10-16(19)24-18(14-7-4-3-5-8-14)17-13-21-11-12-23-17/h3-10,17-18,21H,2,11-13H2,1H3. The number of rotatable bonds is 6. The lowest BCUT2D eigenvalue weighted by Crippen LogP contribution is -2.43. The van der Waals surface area contributed by atoms with E-state index in [4.69, 9.17) is 25.8 Å². The molecule has 128 valence electrons. The number of hydrogen-bond acceptors (Lipinski definition) is 4. The van der Waals surface area contributed by atoms with Crippen molar-refractivity contribution in [2.24, 2.45) is 0 Å². The van der Waals surface area contributed by atoms with Gasteiger partial charge in [0.2, 0.25) is 0 Å². The number of para-hydroxylation sites is 1. The van der Waals surface area contributed by atoms with Crippen LogP contribution in [-0.4, -0.2) is 32.4 Å². The van der Waals surface area contributed by atoms with E-state index >= 15 is 0 Å². The molecular formula is C19H22ClNO3. The quantitative estimate of drug-likeness (QED) is 0.861. The number of nitrogens with one attached hydrogen (secondary N) is 1. The van der Waals surface area contributed by atoms with Crippen LogP contribution in [0.2, 0.25) is 5.02 Å². The third kappa shape index (κ3) is 4.01. The van der Waals surface area contributed by atoms with Crippen LogP contribution in [0.3, 0.4) is 0 Å². The molecule has 2 aromatic carbocycles. The summed E-state index contributed by atoms with van der Waals surface area (Å²) in [6.07, 6.45) is -0.314. The van der Waals surface area contributed by atoms with E-state index in [1.807, 2.05) is 49.4 Å². The highest BCUT2D eigenvalue weighted by molar-refractivity contribution is 6.32. The fraction of sp³-hybridized carbons (Fsp3) is 0.368. The summed E-state index contributed by atoms with van der Waals surface area (Å²) in [5.41, 5.74) is 1.06. The normalized spacial score (nSPS) is 18.8. The Morgan fingerprint density at radius 1 is 1.21 bits per heavy atom. The van der Waals surface area contributed by atoms with Gasteiger partial charge in [0.25, 0.3) is 0 Å². The number of hydrogen-bond donors (Lipinski definition) is 1. The minimum atomic E-state index is -0.239. The Morgan fingerprint density at radius 2 is 2.04 bits per heavy atom. The molecule has 2 atom stereocenters. The number of ether oxygens (including phenoxy) is 3. The summed E-state index contributed by atoms with van der Waals surface area (Å²) in [4.78, 5) is 0. The summed E-state index contributed by atoms with van der Waals surface area (Å²) in [6.45, 7) is 4.72. The molecule has 0 saturated carbocycles. The Bertz CT molecular complexity index is 644. The summed E-state index contributed by atoms with van der Waals surface area (Å²) in [6, 6.07) is 15.6. The predicted octanol–water partition coefficient (Wildman–Crippen LogP) is 3.85. The van der Waals surface area contributed by atoms with Crippen molar-refractivity contribution in [3.63, 3.8) is 0 Å². The van der Waals surface area contributed by atoms with E-state index in [0.717, 1.165) is 18.7 Å². The van der Waals surface area contributed by atoms with Gasteiger partial charge in [0.1, 0.15) is 6.10 Å². The summed E-state index contributed by atoms with van der Waals surface area (Å²) >= 11 is 6.27. The maximum absolute atomic E-state index is 6.33. The van der Waals surface area contributed by atoms with Crippen LogP contribution in [0.25, 0.3) is 0 Å². The molecule has 2 unspecified atom stereocenters. The van der Waals surface area contributed by atoms with Crippen molar-refractivity contribution in [2.45, 2.75) is 19.1 Å². The number of halogens is 1. The molecule has 0 aliphatic carbocycles. The van der Waals surface area contributed by atoms with Gasteiger partial charge in [0, 0.05) is 13.1 Å². The van der Waals surface area contributed by atoms with E-state index in [2.05, 4.69) is 5.32 Å². The highest BCUT2D eigenvalue weighted by Gasteiger charge is 2.29. The van der Waals surface area contributed by atoms with Gasteiger partial charge in [-0.1, -0.05) is 48.0 Å². The minimum absolute atomic E-state index is 0.0744. The van der Waals surface area contributed by atoms with Crippen LogP contribution in [0.1, 0.15) is 18.6 Å². The second-order valence-electron chi connectivity index (χ2n) is 5.56. The van der Waals surface area contributed by atoms with Crippen molar-refractivity contribution in [3.8, 4) is 11.5 Å². The maximum Gasteiger partial charge on any atom is 0.179 e. The minimum Gasteiger partial charge on any atom is -0.488 e. The molecule has 3 rings (SSSR count). The van der Waals surface area contributed by atoms with Gasteiger partial charge in [0.15, 0.2) is 17.6 Å². The third-order valence-electron chi connectivity index (χ3n) is 3.90. The first-order chi connectivity index (χ1) is 11.8. The molecule has 24 heavy (non-hydrogen) atoms. The van der Waals surface area contributed by atoms with Crippen LogP contribution in [0, 0.1) is 0 Å². The van der Waals surface area contributed by atoms with Gasteiger partial charge >= 0.3 is 0 Å². The molecule has 0 aromatic heterocycles. The molecule has 1 aliphatic heterocycles. The van der Waals surface area contributed by atoms with Crippen LogP contribution in [-0.2, 0) is 4.74 Å². The molecule has 0 spiro atoms. The zero-order chi connectivity index (χ0) is 16.8. The molecule has 0 bridgehead atoms. The lowest BCUT2D eigenvalue weighted by molar-refractivity contribution is -0.0439. The average molecular weight is 348 g/mol. The summed E-state index contributed by atoms with van der Waals surface area (Å²) < 4.78 is 17.9. The zero-order valence-corrected chi connectivity index (χ0v) is 14.5. The second kappa shape index (κ2) is 8.38. The Hall–Kier alpha value is -1.75. The molecular weight excluding hydrogens is 326 g/mol. The van der Waals surface area contributed by atoms with Gasteiger partial charge in [0.05, 0.1) is 18.2 Å². The van der Waals surface area contributed by atoms with Crippen molar-refractivity contribution < 1.29 is 14.2 Å². The van der Waals surface area contributed by atoms with E-state index < -0.39 is 0 Å². The van der Waals surface area contributed by atoms with Gasteiger partial charge in [-0.05, 0) is 24.6 Å². The lowest BCUT2D eigenvalue weighted by atomic mass is 10.0. The smallest absolute Gasteiger partial charge is 0.179 e. The summed E-state index contributed by atoms with van der Waals surface area (Å²) in [5.74, 6) is 1.21. The van der Waals surface area contributed by atoms with E-state index in [0.29, 0.717) is 29.7 Å². The fourth-order valence-corrected chi connectivity index (χ4v) is 3.00. The highest BCUT2D eigenvalue weighted by Crippen LogP contribution is 2.38. The SMILES string of the molecule is CCOc1c(Cl)cccc1OC(c1ccccc1)C1CNCCO1. The van der Waals surface area contributed by atoms with Gasteiger partial charge in [-0.3, -0.25) is 0 Å². The van der Waals surface area contributed by atoms with Crippen molar-refractivity contribution in [2.75, 3.05) is 26.3 Å². The molecule has 1 N–H and O–H groups in total. The van der Waals surface area contributed by atoms with E-state index in [1.165, 1.54) is 0 Å². The molecule has 0 amide bonds. The average Bonchev–Trinajstić information content (AvgIpc) is 2.64. The molecule has 1 aliphatic rings. The van der Waals surface area contributed by atoms with E-state index in [9.17, 15) is 0 Å². The lowest BCUT2D eigenvalue weighted by Gasteiger charge is -2.32. The van der Waals surface area contributed by atoms with Crippen molar-refractivity contribution in [3.05, 3.63) is 59.1 Å². The van der Waals surface area contributed by atoms with Crippen molar-refractivity contribution in [1.82, 2.24) is 5.32 Å². The maximum atomic E-state index is 6.33. The zero-order valence-electron chi connectivity index (χ0n) is 13.7. The van der Waals surface area contributed by atoms with Crippen molar-refractivity contribution >= 4 is 11.6 Å². The van der Waals surface area contributed by atoms with Gasteiger partial charge in [-0.2, -0.15) is 0 Å². The first kappa shape index (κ1) is 17.1. The van der Waals surface area contributed by atoms with E-state index in [1.54, 1.807) is 6.07 Å². The Labute approximate surface area is 147 Å². The molecule has 4 nitrogen and oxygen atoms in total. The topological polar surface area (TPSA) is 39.7 Å². The monoisotopic (exact) mass is 347 g/mol. The van der Waals surface area contributed by atoms with Gasteiger partial charge in [-0.25, -0.2) is 0 Å². The predicted molar refractivity (Wildman–Crippen MR) is 95.0 cm³/mol. The molecule has 1 fully saturated rings.